The summed E-state index contributed by atoms with van der Waals surface area (Å²) in [5.41, 5.74) is 0. The lowest BCUT2D eigenvalue weighted by Crippen LogP contribution is -2.42. The molecule has 0 unspecified atom stereocenters. The van der Waals surface area contributed by atoms with Crippen molar-refractivity contribution in [2.45, 2.75) is 45.6 Å². The number of rotatable bonds is 3. The molecule has 6 nitrogen and oxygen atoms in total. The molecule has 0 saturated carbocycles. The average molecular weight is 297 g/mol. The molecule has 0 fully saturated rings. The van der Waals surface area contributed by atoms with Crippen LogP contribution in [0.15, 0.2) is 12.2 Å². The number of hydrogen-bond acceptors (Lipinski definition) is 4. The van der Waals surface area contributed by atoms with Crippen molar-refractivity contribution in [3.05, 3.63) is 12.2 Å². The summed E-state index contributed by atoms with van der Waals surface area (Å²) in [6.07, 6.45) is 4.56. The molecule has 0 spiro atoms. The van der Waals surface area contributed by atoms with E-state index in [1.807, 2.05) is 13.8 Å². The van der Waals surface area contributed by atoms with Crippen molar-refractivity contribution in [3.63, 3.8) is 0 Å². The van der Waals surface area contributed by atoms with Gasteiger partial charge in [-0.25, -0.2) is 0 Å². The first-order valence-corrected chi connectivity index (χ1v) is 7.23. The van der Waals surface area contributed by atoms with Gasteiger partial charge in [0.2, 0.25) is 5.91 Å². The van der Waals surface area contributed by atoms with Crippen LogP contribution in [0.4, 0.5) is 0 Å². The molecule has 6 heteroatoms. The molecule has 1 amide bonds. The van der Waals surface area contributed by atoms with Crippen LogP contribution in [-0.4, -0.2) is 35.6 Å². The summed E-state index contributed by atoms with van der Waals surface area (Å²) in [4.78, 5) is 34.5. The van der Waals surface area contributed by atoms with Crippen LogP contribution in [0.2, 0.25) is 0 Å². The number of carbonyl (C=O) groups excluding carboxylic acids is 2. The van der Waals surface area contributed by atoms with Gasteiger partial charge in [0.15, 0.2) is 0 Å². The Balaban J connectivity index is 2.79. The number of ether oxygens (including phenoxy) is 1. The second-order valence-corrected chi connectivity index (χ2v) is 5.59. The van der Waals surface area contributed by atoms with Crippen LogP contribution in [-0.2, 0) is 19.1 Å². The Hall–Kier alpha value is -1.85. The summed E-state index contributed by atoms with van der Waals surface area (Å²) in [6, 6.07) is -0.254. The summed E-state index contributed by atoms with van der Waals surface area (Å²) in [5, 5.41) is 11.7. The van der Waals surface area contributed by atoms with Gasteiger partial charge in [-0.2, -0.15) is 0 Å². The van der Waals surface area contributed by atoms with Crippen LogP contribution in [0.3, 0.4) is 0 Å². The zero-order valence-corrected chi connectivity index (χ0v) is 12.5. The lowest BCUT2D eigenvalue weighted by molar-refractivity contribution is -0.154. The molecule has 0 aliphatic carbocycles. The minimum Gasteiger partial charge on any atom is -0.481 e. The molecule has 0 aromatic heterocycles. The van der Waals surface area contributed by atoms with E-state index in [2.05, 4.69) is 5.32 Å². The average Bonchev–Trinajstić information content (AvgIpc) is 2.39. The lowest BCUT2D eigenvalue weighted by Gasteiger charge is -2.23. The first kappa shape index (κ1) is 17.2. The quantitative estimate of drug-likeness (QED) is 0.608. The highest BCUT2D eigenvalue weighted by Crippen LogP contribution is 2.14. The largest absolute Gasteiger partial charge is 0.481 e. The molecular formula is C15H23NO5. The van der Waals surface area contributed by atoms with Crippen molar-refractivity contribution < 1.29 is 24.2 Å². The number of hydrogen-bond donors (Lipinski definition) is 2. The first-order chi connectivity index (χ1) is 9.90. The van der Waals surface area contributed by atoms with Crippen LogP contribution in [0, 0.1) is 11.8 Å². The number of carboxylic acids is 1. The maximum absolute atomic E-state index is 12.0. The minimum atomic E-state index is -1.02. The Kier molecular flexibility index (Phi) is 6.91. The third kappa shape index (κ3) is 6.42. The van der Waals surface area contributed by atoms with Crippen molar-refractivity contribution in [1.82, 2.24) is 5.32 Å². The highest BCUT2D eigenvalue weighted by Gasteiger charge is 2.25. The highest BCUT2D eigenvalue weighted by atomic mass is 16.5. The van der Waals surface area contributed by atoms with E-state index in [4.69, 9.17) is 9.84 Å². The summed E-state index contributed by atoms with van der Waals surface area (Å²) in [6.45, 7) is 3.93. The van der Waals surface area contributed by atoms with Gasteiger partial charge in [-0.3, -0.25) is 14.4 Å². The topological polar surface area (TPSA) is 92.7 Å². The first-order valence-electron chi connectivity index (χ1n) is 7.23. The van der Waals surface area contributed by atoms with Gasteiger partial charge >= 0.3 is 11.9 Å². The summed E-state index contributed by atoms with van der Waals surface area (Å²) < 4.78 is 5.20. The number of aliphatic carboxylic acids is 1. The number of amides is 1. The second kappa shape index (κ2) is 8.44. The normalized spacial score (nSPS) is 24.7. The number of esters is 1. The molecule has 21 heavy (non-hydrogen) atoms. The van der Waals surface area contributed by atoms with E-state index in [1.165, 1.54) is 0 Å². The van der Waals surface area contributed by atoms with Crippen molar-refractivity contribution in [3.8, 4) is 0 Å². The molecule has 0 aromatic rings. The molecule has 0 aromatic carbocycles. The molecule has 1 aliphatic rings. The van der Waals surface area contributed by atoms with E-state index >= 15 is 0 Å². The van der Waals surface area contributed by atoms with Crippen LogP contribution in [0.25, 0.3) is 0 Å². The Labute approximate surface area is 124 Å². The molecule has 0 bridgehead atoms. The molecule has 1 heterocycles. The van der Waals surface area contributed by atoms with E-state index < -0.39 is 17.9 Å². The summed E-state index contributed by atoms with van der Waals surface area (Å²) >= 11 is 0. The van der Waals surface area contributed by atoms with E-state index in [1.54, 1.807) is 12.2 Å². The summed E-state index contributed by atoms with van der Waals surface area (Å²) in [7, 11) is 0. The van der Waals surface area contributed by atoms with Gasteiger partial charge in [-0.1, -0.05) is 26.0 Å². The monoisotopic (exact) mass is 297 g/mol. The predicted octanol–water partition coefficient (Wildman–Crippen LogP) is 1.50. The van der Waals surface area contributed by atoms with Crippen LogP contribution in [0.5, 0.6) is 0 Å². The van der Waals surface area contributed by atoms with Crippen molar-refractivity contribution >= 4 is 17.8 Å². The zero-order chi connectivity index (χ0) is 15.8. The molecule has 0 saturated heterocycles. The maximum atomic E-state index is 12.0. The molecule has 1 rings (SSSR count). The number of allylic oxidation sites excluding steroid dienone is 2. The highest BCUT2D eigenvalue weighted by molar-refractivity contribution is 5.79. The third-order valence-electron chi connectivity index (χ3n) is 3.44. The van der Waals surface area contributed by atoms with E-state index in [9.17, 15) is 14.4 Å². The molecular weight excluding hydrogens is 274 g/mol. The molecule has 0 radical (unpaired) electrons. The smallest absolute Gasteiger partial charge is 0.309 e. The zero-order valence-electron chi connectivity index (χ0n) is 12.5. The summed E-state index contributed by atoms with van der Waals surface area (Å²) in [5.74, 6) is -2.18. The number of carbonyl (C=O) groups is 3. The van der Waals surface area contributed by atoms with Gasteiger partial charge in [0.05, 0.1) is 18.4 Å². The number of carboxylic acid groups (broad SMARTS) is 1. The Bertz CT molecular complexity index is 416. The lowest BCUT2D eigenvalue weighted by atomic mass is 10.00. The van der Waals surface area contributed by atoms with Gasteiger partial charge in [-0.15, -0.1) is 0 Å². The molecule has 118 valence electrons. The van der Waals surface area contributed by atoms with E-state index in [0.29, 0.717) is 19.3 Å². The number of nitrogens with one attached hydrogen (secondary N) is 1. The third-order valence-corrected chi connectivity index (χ3v) is 3.44. The van der Waals surface area contributed by atoms with Crippen molar-refractivity contribution in [2.24, 2.45) is 11.8 Å². The fourth-order valence-corrected chi connectivity index (χ4v) is 2.04. The SMILES string of the molecule is CC(C)[C@@H]1COC(=O)[C@H](CC(=O)O)CC=CCCC(=O)N1. The van der Waals surface area contributed by atoms with Crippen LogP contribution >= 0.6 is 0 Å². The minimum absolute atomic E-state index is 0.0715. The van der Waals surface area contributed by atoms with Gasteiger partial charge < -0.3 is 15.2 Å². The Morgan fingerprint density at radius 3 is 2.76 bits per heavy atom. The van der Waals surface area contributed by atoms with Crippen LogP contribution in [0.1, 0.15) is 39.5 Å². The second-order valence-electron chi connectivity index (χ2n) is 5.59. The Morgan fingerprint density at radius 2 is 2.14 bits per heavy atom. The molecule has 2 atom stereocenters. The molecule has 1 aliphatic heterocycles. The van der Waals surface area contributed by atoms with Gasteiger partial charge in [0, 0.05) is 6.42 Å². The maximum Gasteiger partial charge on any atom is 0.309 e. The standard InChI is InChI=1S/C15H23NO5/c1-10(2)12-9-21-15(20)11(8-14(18)19)6-4-3-5-7-13(17)16-12/h3-4,10-12H,5-9H2,1-2H3,(H,16,17)(H,18,19)/t11-,12-/m0/s1. The van der Waals surface area contributed by atoms with Crippen molar-refractivity contribution in [1.29, 1.82) is 0 Å². The predicted molar refractivity (Wildman–Crippen MR) is 76.5 cm³/mol. The van der Waals surface area contributed by atoms with E-state index in [0.717, 1.165) is 0 Å². The molecule has 2 N–H and O–H groups in total. The van der Waals surface area contributed by atoms with E-state index in [-0.39, 0.29) is 30.9 Å². The number of cyclic esters (lactones) is 1. The van der Waals surface area contributed by atoms with Crippen LogP contribution < -0.4 is 5.32 Å². The van der Waals surface area contributed by atoms with Gasteiger partial charge in [0.25, 0.3) is 0 Å². The Morgan fingerprint density at radius 1 is 1.43 bits per heavy atom. The fourth-order valence-electron chi connectivity index (χ4n) is 2.04. The van der Waals surface area contributed by atoms with Gasteiger partial charge in [-0.05, 0) is 18.8 Å². The van der Waals surface area contributed by atoms with Crippen molar-refractivity contribution in [2.75, 3.05) is 6.61 Å². The van der Waals surface area contributed by atoms with Gasteiger partial charge in [0.1, 0.15) is 6.61 Å². The fraction of sp³-hybridized carbons (Fsp3) is 0.667.